The Balaban J connectivity index is 2.04. The molecule has 0 bridgehead atoms. The van der Waals surface area contributed by atoms with Crippen molar-refractivity contribution in [1.82, 2.24) is 9.80 Å². The summed E-state index contributed by atoms with van der Waals surface area (Å²) in [5.41, 5.74) is 0.530. The second-order valence-electron chi connectivity index (χ2n) is 4.43. The van der Waals surface area contributed by atoms with Crippen LogP contribution in [0.1, 0.15) is 10.4 Å². The van der Waals surface area contributed by atoms with E-state index in [4.69, 9.17) is 0 Å². The molecule has 2 amide bonds. The molecular formula is C13H13BrN2O3. The Hall–Kier alpha value is -1.69. The van der Waals surface area contributed by atoms with E-state index in [0.717, 1.165) is 4.47 Å². The highest BCUT2D eigenvalue weighted by atomic mass is 79.9. The number of ketones is 1. The normalized spacial score (nSPS) is 15.9. The Morgan fingerprint density at radius 1 is 1.16 bits per heavy atom. The number of rotatable bonds is 3. The second-order valence-corrected chi connectivity index (χ2v) is 5.35. The van der Waals surface area contributed by atoms with Gasteiger partial charge in [-0.1, -0.05) is 28.1 Å². The quantitative estimate of drug-likeness (QED) is 0.777. The molecule has 1 heterocycles. The summed E-state index contributed by atoms with van der Waals surface area (Å²) in [6.45, 7) is -0.0515. The van der Waals surface area contributed by atoms with Gasteiger partial charge in [-0.3, -0.25) is 14.4 Å². The number of Topliss-reactive ketones (excluding diaryl/α,β-unsaturated/α-hetero) is 1. The van der Waals surface area contributed by atoms with Gasteiger partial charge in [0.1, 0.15) is 6.54 Å². The van der Waals surface area contributed by atoms with E-state index in [-0.39, 0.29) is 37.2 Å². The minimum atomic E-state index is -0.201. The number of hydrogen-bond acceptors (Lipinski definition) is 3. The Morgan fingerprint density at radius 2 is 1.79 bits per heavy atom. The first-order valence-corrected chi connectivity index (χ1v) is 6.57. The summed E-state index contributed by atoms with van der Waals surface area (Å²) in [6, 6.07) is 6.91. The van der Waals surface area contributed by atoms with Crippen molar-refractivity contribution in [3.8, 4) is 0 Å². The zero-order chi connectivity index (χ0) is 14.0. The number of likely N-dealkylation sites (N-methyl/N-ethyl adjacent to an activating group) is 1. The van der Waals surface area contributed by atoms with Crippen LogP contribution in [0.5, 0.6) is 0 Å². The molecule has 0 aromatic heterocycles. The van der Waals surface area contributed by atoms with Crippen molar-refractivity contribution in [2.45, 2.75) is 0 Å². The summed E-state index contributed by atoms with van der Waals surface area (Å²) in [4.78, 5) is 38.0. The van der Waals surface area contributed by atoms with E-state index in [1.807, 2.05) is 0 Å². The fourth-order valence-corrected chi connectivity index (χ4v) is 2.07. The number of halogens is 1. The molecule has 1 saturated heterocycles. The van der Waals surface area contributed by atoms with Crippen LogP contribution < -0.4 is 0 Å². The van der Waals surface area contributed by atoms with Crippen molar-refractivity contribution in [1.29, 1.82) is 0 Å². The molecule has 2 rings (SSSR count). The number of amides is 2. The largest absolute Gasteiger partial charge is 0.335 e. The average Bonchev–Trinajstić information content (AvgIpc) is 2.36. The number of nitrogens with zero attached hydrogens (tertiary/aromatic N) is 2. The SMILES string of the molecule is CN1CC(=O)N(CC(=O)c2ccc(Br)cc2)CC1=O. The smallest absolute Gasteiger partial charge is 0.243 e. The Bertz CT molecular complexity index is 527. The molecule has 0 spiro atoms. The predicted molar refractivity (Wildman–Crippen MR) is 72.7 cm³/mol. The fourth-order valence-electron chi connectivity index (χ4n) is 1.81. The van der Waals surface area contributed by atoms with Gasteiger partial charge in [-0.2, -0.15) is 0 Å². The first kappa shape index (κ1) is 13.7. The lowest BCUT2D eigenvalue weighted by Gasteiger charge is -2.31. The molecular weight excluding hydrogens is 312 g/mol. The molecule has 19 heavy (non-hydrogen) atoms. The van der Waals surface area contributed by atoms with Gasteiger partial charge in [0, 0.05) is 17.1 Å². The molecule has 6 heteroatoms. The van der Waals surface area contributed by atoms with E-state index < -0.39 is 0 Å². The Labute approximate surface area is 119 Å². The zero-order valence-corrected chi connectivity index (χ0v) is 12.0. The van der Waals surface area contributed by atoms with Gasteiger partial charge in [-0.25, -0.2) is 0 Å². The molecule has 1 aliphatic rings. The van der Waals surface area contributed by atoms with Gasteiger partial charge < -0.3 is 9.80 Å². The molecule has 5 nitrogen and oxygen atoms in total. The monoisotopic (exact) mass is 324 g/mol. The van der Waals surface area contributed by atoms with Crippen molar-refractivity contribution in [3.63, 3.8) is 0 Å². The predicted octanol–water partition coefficient (Wildman–Crippen LogP) is 0.932. The van der Waals surface area contributed by atoms with E-state index in [1.165, 1.54) is 9.80 Å². The molecule has 1 fully saturated rings. The lowest BCUT2D eigenvalue weighted by atomic mass is 10.1. The third-order valence-electron chi connectivity index (χ3n) is 2.98. The molecule has 0 saturated carbocycles. The van der Waals surface area contributed by atoms with E-state index >= 15 is 0 Å². The highest BCUT2D eigenvalue weighted by molar-refractivity contribution is 9.10. The lowest BCUT2D eigenvalue weighted by Crippen LogP contribution is -2.53. The molecule has 100 valence electrons. The minimum absolute atomic E-state index is 0.0302. The van der Waals surface area contributed by atoms with E-state index in [1.54, 1.807) is 31.3 Å². The molecule has 0 aliphatic carbocycles. The van der Waals surface area contributed by atoms with Gasteiger partial charge in [-0.05, 0) is 12.1 Å². The summed E-state index contributed by atoms with van der Waals surface area (Å²) in [7, 11) is 1.58. The van der Waals surface area contributed by atoms with Crippen LogP contribution in [0.25, 0.3) is 0 Å². The number of hydrogen-bond donors (Lipinski definition) is 0. The van der Waals surface area contributed by atoms with Crippen molar-refractivity contribution in [2.24, 2.45) is 0 Å². The van der Waals surface area contributed by atoms with E-state index in [0.29, 0.717) is 5.56 Å². The first-order valence-electron chi connectivity index (χ1n) is 5.78. The molecule has 1 aromatic rings. The highest BCUT2D eigenvalue weighted by Gasteiger charge is 2.28. The van der Waals surface area contributed by atoms with E-state index in [9.17, 15) is 14.4 Å². The van der Waals surface area contributed by atoms with Crippen LogP contribution in [-0.4, -0.2) is 54.1 Å². The maximum Gasteiger partial charge on any atom is 0.243 e. The van der Waals surface area contributed by atoms with Gasteiger partial charge >= 0.3 is 0 Å². The minimum Gasteiger partial charge on any atom is -0.335 e. The van der Waals surface area contributed by atoms with Crippen LogP contribution in [-0.2, 0) is 9.59 Å². The molecule has 1 aromatic carbocycles. The summed E-state index contributed by atoms with van der Waals surface area (Å²) in [6.07, 6.45) is 0. The summed E-state index contributed by atoms with van der Waals surface area (Å²) >= 11 is 3.29. The van der Waals surface area contributed by atoms with Gasteiger partial charge in [0.15, 0.2) is 5.78 Å². The number of piperazine rings is 1. The summed E-state index contributed by atoms with van der Waals surface area (Å²) in [5, 5.41) is 0. The third-order valence-corrected chi connectivity index (χ3v) is 3.51. The zero-order valence-electron chi connectivity index (χ0n) is 10.4. The fraction of sp³-hybridized carbons (Fsp3) is 0.308. The molecule has 0 radical (unpaired) electrons. The Kier molecular flexibility index (Phi) is 3.99. The van der Waals surface area contributed by atoms with Gasteiger partial charge in [0.2, 0.25) is 11.8 Å². The van der Waals surface area contributed by atoms with Crippen LogP contribution in [0, 0.1) is 0 Å². The van der Waals surface area contributed by atoms with Gasteiger partial charge in [0.05, 0.1) is 13.1 Å². The van der Waals surface area contributed by atoms with Crippen molar-refractivity contribution < 1.29 is 14.4 Å². The maximum atomic E-state index is 12.0. The second kappa shape index (κ2) is 5.52. The lowest BCUT2D eigenvalue weighted by molar-refractivity contribution is -0.148. The van der Waals surface area contributed by atoms with Gasteiger partial charge in [0.25, 0.3) is 0 Å². The average molecular weight is 325 g/mol. The first-order chi connectivity index (χ1) is 8.97. The van der Waals surface area contributed by atoms with Gasteiger partial charge in [-0.15, -0.1) is 0 Å². The van der Waals surface area contributed by atoms with E-state index in [2.05, 4.69) is 15.9 Å². The van der Waals surface area contributed by atoms with Crippen LogP contribution >= 0.6 is 15.9 Å². The standard InChI is InChI=1S/C13H13BrN2O3/c1-15-7-13(19)16(8-12(15)18)6-11(17)9-2-4-10(14)5-3-9/h2-5H,6-8H2,1H3. The highest BCUT2D eigenvalue weighted by Crippen LogP contribution is 2.12. The third kappa shape index (κ3) is 3.20. The topological polar surface area (TPSA) is 57.7 Å². The number of benzene rings is 1. The molecule has 0 N–H and O–H groups in total. The molecule has 0 unspecified atom stereocenters. The van der Waals surface area contributed by atoms with Crippen molar-refractivity contribution in [3.05, 3.63) is 34.3 Å². The molecule has 0 atom stereocenters. The van der Waals surface area contributed by atoms with Crippen molar-refractivity contribution in [2.75, 3.05) is 26.7 Å². The Morgan fingerprint density at radius 3 is 2.42 bits per heavy atom. The summed E-state index contributed by atoms with van der Waals surface area (Å²) < 4.78 is 0.884. The number of carbonyl (C=O) groups is 3. The molecule has 1 aliphatic heterocycles. The maximum absolute atomic E-state index is 12.0. The van der Waals surface area contributed by atoms with Crippen LogP contribution in [0.3, 0.4) is 0 Å². The van der Waals surface area contributed by atoms with Crippen LogP contribution in [0.2, 0.25) is 0 Å². The summed E-state index contributed by atoms with van der Waals surface area (Å²) in [5.74, 6) is -0.519. The van der Waals surface area contributed by atoms with Crippen LogP contribution in [0.15, 0.2) is 28.7 Å². The number of carbonyl (C=O) groups excluding carboxylic acids is 3. The van der Waals surface area contributed by atoms with Crippen LogP contribution in [0.4, 0.5) is 0 Å². The van der Waals surface area contributed by atoms with Crippen molar-refractivity contribution >= 4 is 33.5 Å².